The molecule has 1 aliphatic rings. The van der Waals surface area contributed by atoms with Gasteiger partial charge in [-0.05, 0) is 24.9 Å². The van der Waals surface area contributed by atoms with E-state index in [1.807, 2.05) is 0 Å². The predicted molar refractivity (Wildman–Crippen MR) is 71.2 cm³/mol. The van der Waals surface area contributed by atoms with Gasteiger partial charge in [0.05, 0.1) is 4.92 Å². The van der Waals surface area contributed by atoms with Crippen molar-refractivity contribution in [3.05, 3.63) is 38.9 Å². The number of likely N-dealkylation sites (tertiary alicyclic amines) is 1. The van der Waals surface area contributed by atoms with Gasteiger partial charge in [-0.2, -0.15) is 0 Å². The van der Waals surface area contributed by atoms with Gasteiger partial charge in [-0.15, -0.1) is 0 Å². The van der Waals surface area contributed by atoms with E-state index in [1.165, 1.54) is 18.2 Å². The zero-order chi connectivity index (χ0) is 14.0. The van der Waals surface area contributed by atoms with Crippen LogP contribution in [0.4, 0.5) is 5.69 Å². The average molecular weight is 284 g/mol. The molecule has 1 aromatic rings. The van der Waals surface area contributed by atoms with E-state index in [2.05, 4.69) is 0 Å². The minimum absolute atomic E-state index is 0.176. The lowest BCUT2D eigenvalue weighted by atomic mass is 10.1. The van der Waals surface area contributed by atoms with Crippen molar-refractivity contribution in [2.45, 2.75) is 6.42 Å². The number of nitro benzene ring substituents is 1. The Labute approximate surface area is 115 Å². The Morgan fingerprint density at radius 3 is 2.84 bits per heavy atom. The van der Waals surface area contributed by atoms with Crippen LogP contribution in [0, 0.1) is 16.0 Å². The Morgan fingerprint density at radius 2 is 2.26 bits per heavy atom. The highest BCUT2D eigenvalue weighted by atomic mass is 35.5. The molecule has 1 saturated heterocycles. The molecular formula is C12H14ClN3O3. The lowest BCUT2D eigenvalue weighted by Crippen LogP contribution is -2.29. The summed E-state index contributed by atoms with van der Waals surface area (Å²) in [7, 11) is 0. The molecule has 1 unspecified atom stereocenters. The van der Waals surface area contributed by atoms with Crippen molar-refractivity contribution in [3.8, 4) is 0 Å². The standard InChI is InChI=1S/C12H14ClN3O3/c13-10-3-9(4-11(5-10)16(18)19)12(17)15-2-1-8(6-14)7-15/h3-5,8H,1-2,6-7,14H2. The molecule has 1 atom stereocenters. The molecule has 1 fully saturated rings. The van der Waals surface area contributed by atoms with Crippen LogP contribution in [0.2, 0.25) is 5.02 Å². The number of hydrogen-bond donors (Lipinski definition) is 1. The second-order valence-electron chi connectivity index (χ2n) is 4.60. The molecule has 0 spiro atoms. The molecule has 1 heterocycles. The number of hydrogen-bond acceptors (Lipinski definition) is 4. The van der Waals surface area contributed by atoms with Gasteiger partial charge in [0, 0.05) is 35.8 Å². The molecule has 1 aliphatic heterocycles. The molecule has 1 aromatic carbocycles. The first kappa shape index (κ1) is 13.8. The fourth-order valence-corrected chi connectivity index (χ4v) is 2.42. The van der Waals surface area contributed by atoms with E-state index in [1.54, 1.807) is 4.90 Å². The smallest absolute Gasteiger partial charge is 0.271 e. The zero-order valence-corrected chi connectivity index (χ0v) is 11.0. The number of halogens is 1. The highest BCUT2D eigenvalue weighted by Gasteiger charge is 2.27. The molecule has 2 rings (SSSR count). The topological polar surface area (TPSA) is 89.5 Å². The van der Waals surface area contributed by atoms with Crippen molar-refractivity contribution in [1.82, 2.24) is 4.90 Å². The second kappa shape index (κ2) is 5.54. The number of nitro groups is 1. The molecule has 6 nitrogen and oxygen atoms in total. The van der Waals surface area contributed by atoms with Gasteiger partial charge in [0.1, 0.15) is 0 Å². The minimum atomic E-state index is -0.560. The number of carbonyl (C=O) groups is 1. The molecule has 1 amide bonds. The third-order valence-electron chi connectivity index (χ3n) is 3.25. The minimum Gasteiger partial charge on any atom is -0.338 e. The first-order valence-electron chi connectivity index (χ1n) is 5.95. The second-order valence-corrected chi connectivity index (χ2v) is 5.03. The van der Waals surface area contributed by atoms with Crippen LogP contribution >= 0.6 is 11.6 Å². The summed E-state index contributed by atoms with van der Waals surface area (Å²) in [5.74, 6) is 0.0691. The lowest BCUT2D eigenvalue weighted by molar-refractivity contribution is -0.384. The monoisotopic (exact) mass is 283 g/mol. The first-order valence-corrected chi connectivity index (χ1v) is 6.33. The van der Waals surface area contributed by atoms with Crippen molar-refractivity contribution in [2.75, 3.05) is 19.6 Å². The lowest BCUT2D eigenvalue weighted by Gasteiger charge is -2.16. The Balaban J connectivity index is 2.22. The first-order chi connectivity index (χ1) is 9.01. The molecule has 19 heavy (non-hydrogen) atoms. The van der Waals surface area contributed by atoms with Crippen LogP contribution in [0.5, 0.6) is 0 Å². The maximum Gasteiger partial charge on any atom is 0.271 e. The number of rotatable bonds is 3. The van der Waals surface area contributed by atoms with Gasteiger partial charge in [-0.1, -0.05) is 11.6 Å². The predicted octanol–water partition coefficient (Wildman–Crippen LogP) is 1.67. The molecule has 102 valence electrons. The summed E-state index contributed by atoms with van der Waals surface area (Å²) in [6.07, 6.45) is 0.866. The summed E-state index contributed by atoms with van der Waals surface area (Å²) >= 11 is 5.81. The van der Waals surface area contributed by atoms with Crippen LogP contribution in [-0.4, -0.2) is 35.4 Å². The summed E-state index contributed by atoms with van der Waals surface area (Å²) in [6, 6.07) is 3.93. The van der Waals surface area contributed by atoms with Gasteiger partial charge in [-0.25, -0.2) is 0 Å². The Bertz CT molecular complexity index is 521. The molecular weight excluding hydrogens is 270 g/mol. The molecule has 7 heteroatoms. The van der Waals surface area contributed by atoms with Crippen LogP contribution in [0.3, 0.4) is 0 Å². The molecule has 2 N–H and O–H groups in total. The van der Waals surface area contributed by atoms with E-state index in [9.17, 15) is 14.9 Å². The van der Waals surface area contributed by atoms with Gasteiger partial charge in [0.25, 0.3) is 11.6 Å². The Kier molecular flexibility index (Phi) is 4.01. The summed E-state index contributed by atoms with van der Waals surface area (Å²) in [5, 5.41) is 10.9. The average Bonchev–Trinajstić information content (AvgIpc) is 2.85. The number of carbonyl (C=O) groups excluding carboxylic acids is 1. The summed E-state index contributed by atoms with van der Waals surface area (Å²) in [5.41, 5.74) is 5.65. The number of nitrogens with zero attached hydrogens (tertiary/aromatic N) is 2. The van der Waals surface area contributed by atoms with Crippen molar-refractivity contribution in [1.29, 1.82) is 0 Å². The molecule has 0 bridgehead atoms. The van der Waals surface area contributed by atoms with Gasteiger partial charge in [0.15, 0.2) is 0 Å². The summed E-state index contributed by atoms with van der Waals surface area (Å²) < 4.78 is 0. The fraction of sp³-hybridized carbons (Fsp3) is 0.417. The summed E-state index contributed by atoms with van der Waals surface area (Å²) in [4.78, 5) is 24.1. The van der Waals surface area contributed by atoms with E-state index in [0.29, 0.717) is 25.6 Å². The molecule has 0 aromatic heterocycles. The van der Waals surface area contributed by atoms with E-state index in [4.69, 9.17) is 17.3 Å². The highest BCUT2D eigenvalue weighted by molar-refractivity contribution is 6.31. The number of amides is 1. The highest BCUT2D eigenvalue weighted by Crippen LogP contribution is 2.24. The number of non-ortho nitro benzene ring substituents is 1. The Hall–Kier alpha value is -1.66. The van der Waals surface area contributed by atoms with E-state index in [0.717, 1.165) is 6.42 Å². The zero-order valence-electron chi connectivity index (χ0n) is 10.2. The van der Waals surface area contributed by atoms with Crippen LogP contribution in [0.1, 0.15) is 16.8 Å². The normalized spacial score (nSPS) is 18.6. The SMILES string of the molecule is NCC1CCN(C(=O)c2cc(Cl)cc([N+](=O)[O-])c2)C1. The van der Waals surface area contributed by atoms with Crippen molar-refractivity contribution < 1.29 is 9.72 Å². The van der Waals surface area contributed by atoms with Crippen LogP contribution in [0.25, 0.3) is 0 Å². The van der Waals surface area contributed by atoms with E-state index in [-0.39, 0.29) is 22.2 Å². The van der Waals surface area contributed by atoms with Gasteiger partial charge < -0.3 is 10.6 Å². The van der Waals surface area contributed by atoms with Crippen LogP contribution in [0.15, 0.2) is 18.2 Å². The van der Waals surface area contributed by atoms with Crippen LogP contribution < -0.4 is 5.73 Å². The molecule has 0 radical (unpaired) electrons. The van der Waals surface area contributed by atoms with E-state index >= 15 is 0 Å². The van der Waals surface area contributed by atoms with Gasteiger partial charge in [0.2, 0.25) is 0 Å². The largest absolute Gasteiger partial charge is 0.338 e. The third-order valence-corrected chi connectivity index (χ3v) is 3.46. The maximum absolute atomic E-state index is 12.2. The molecule has 0 aliphatic carbocycles. The van der Waals surface area contributed by atoms with Crippen molar-refractivity contribution in [2.24, 2.45) is 11.7 Å². The van der Waals surface area contributed by atoms with Crippen molar-refractivity contribution >= 4 is 23.2 Å². The molecule has 0 saturated carbocycles. The third kappa shape index (κ3) is 3.02. The summed E-state index contributed by atoms with van der Waals surface area (Å²) in [6.45, 7) is 1.76. The Morgan fingerprint density at radius 1 is 1.53 bits per heavy atom. The van der Waals surface area contributed by atoms with Crippen LogP contribution in [-0.2, 0) is 0 Å². The quantitative estimate of drug-likeness (QED) is 0.675. The fourth-order valence-electron chi connectivity index (χ4n) is 2.20. The number of benzene rings is 1. The van der Waals surface area contributed by atoms with Gasteiger partial charge >= 0.3 is 0 Å². The van der Waals surface area contributed by atoms with E-state index < -0.39 is 4.92 Å². The maximum atomic E-state index is 12.2. The van der Waals surface area contributed by atoms with Gasteiger partial charge in [-0.3, -0.25) is 14.9 Å². The number of nitrogens with two attached hydrogens (primary N) is 1. The van der Waals surface area contributed by atoms with Crippen molar-refractivity contribution in [3.63, 3.8) is 0 Å².